The average molecular weight is 222 g/mol. The maximum atomic E-state index is 9.90. The summed E-state index contributed by atoms with van der Waals surface area (Å²) in [6.07, 6.45) is -0.726. The quantitative estimate of drug-likeness (QED) is 0.735. The molecule has 0 bridgehead atoms. The van der Waals surface area contributed by atoms with E-state index in [1.54, 1.807) is 0 Å². The lowest BCUT2D eigenvalue weighted by Gasteiger charge is -2.03. The van der Waals surface area contributed by atoms with Crippen molar-refractivity contribution in [3.8, 4) is 11.8 Å². The summed E-state index contributed by atoms with van der Waals surface area (Å²) in [4.78, 5) is 0. The smallest absolute Gasteiger partial charge is 0.140 e. The van der Waals surface area contributed by atoms with Crippen molar-refractivity contribution in [2.24, 2.45) is 0 Å². The lowest BCUT2D eigenvalue weighted by atomic mass is 10.1. The van der Waals surface area contributed by atoms with E-state index in [1.807, 2.05) is 61.5 Å². The van der Waals surface area contributed by atoms with Crippen LogP contribution in [-0.4, -0.2) is 5.11 Å². The third-order valence-electron chi connectivity index (χ3n) is 2.52. The first-order chi connectivity index (χ1) is 8.25. The lowest BCUT2D eigenvalue weighted by molar-refractivity contribution is 0.238. The largest absolute Gasteiger partial charge is 0.376 e. The second kappa shape index (κ2) is 5.34. The van der Waals surface area contributed by atoms with Crippen LogP contribution in [0.3, 0.4) is 0 Å². The fraction of sp³-hybridized carbons (Fsp3) is 0.125. The van der Waals surface area contributed by atoms with Crippen molar-refractivity contribution in [2.75, 3.05) is 0 Å². The van der Waals surface area contributed by atoms with Crippen molar-refractivity contribution >= 4 is 0 Å². The highest BCUT2D eigenvalue weighted by atomic mass is 16.3. The molecule has 0 aliphatic rings. The Kier molecular flexibility index (Phi) is 3.59. The fourth-order valence-electron chi connectivity index (χ4n) is 1.51. The molecule has 1 heteroatoms. The summed E-state index contributed by atoms with van der Waals surface area (Å²) in [6.45, 7) is 2.02. The summed E-state index contributed by atoms with van der Waals surface area (Å²) in [6, 6.07) is 17.4. The third-order valence-corrected chi connectivity index (χ3v) is 2.52. The Hall–Kier alpha value is -2.04. The summed E-state index contributed by atoms with van der Waals surface area (Å²) < 4.78 is 0. The normalized spacial score (nSPS) is 11.4. The molecule has 0 spiro atoms. The molecule has 0 radical (unpaired) electrons. The Balaban J connectivity index is 2.15. The van der Waals surface area contributed by atoms with Crippen LogP contribution in [0.2, 0.25) is 0 Å². The van der Waals surface area contributed by atoms with E-state index in [2.05, 4.69) is 11.8 Å². The van der Waals surface area contributed by atoms with Gasteiger partial charge in [-0.25, -0.2) is 0 Å². The van der Waals surface area contributed by atoms with E-state index in [4.69, 9.17) is 0 Å². The van der Waals surface area contributed by atoms with Gasteiger partial charge < -0.3 is 5.11 Å². The summed E-state index contributed by atoms with van der Waals surface area (Å²) >= 11 is 0. The zero-order chi connectivity index (χ0) is 12.1. The minimum atomic E-state index is -0.726. The van der Waals surface area contributed by atoms with Crippen LogP contribution in [0.25, 0.3) is 0 Å². The SMILES string of the molecule is Cc1ccc(C(O)C#Cc2ccccc2)cc1. The Morgan fingerprint density at radius 1 is 0.941 bits per heavy atom. The molecule has 0 saturated carbocycles. The van der Waals surface area contributed by atoms with Crippen LogP contribution in [0.15, 0.2) is 54.6 Å². The first-order valence-electron chi connectivity index (χ1n) is 5.57. The van der Waals surface area contributed by atoms with E-state index >= 15 is 0 Å². The van der Waals surface area contributed by atoms with Gasteiger partial charge in [0.05, 0.1) is 0 Å². The second-order valence-corrected chi connectivity index (χ2v) is 3.95. The van der Waals surface area contributed by atoms with Gasteiger partial charge >= 0.3 is 0 Å². The zero-order valence-corrected chi connectivity index (χ0v) is 9.72. The maximum Gasteiger partial charge on any atom is 0.140 e. The van der Waals surface area contributed by atoms with Gasteiger partial charge in [-0.05, 0) is 24.6 Å². The summed E-state index contributed by atoms with van der Waals surface area (Å²) in [5.41, 5.74) is 2.93. The molecule has 0 amide bonds. The predicted octanol–water partition coefficient (Wildman–Crippen LogP) is 3.08. The molecule has 2 aromatic rings. The van der Waals surface area contributed by atoms with Gasteiger partial charge in [0.1, 0.15) is 6.10 Å². The molecule has 0 aliphatic carbocycles. The molecular formula is C16H14O. The topological polar surface area (TPSA) is 20.2 Å². The van der Waals surface area contributed by atoms with E-state index in [1.165, 1.54) is 5.56 Å². The highest BCUT2D eigenvalue weighted by Crippen LogP contribution is 2.12. The first-order valence-corrected chi connectivity index (χ1v) is 5.57. The number of benzene rings is 2. The molecule has 84 valence electrons. The van der Waals surface area contributed by atoms with Gasteiger partial charge in [-0.3, -0.25) is 0 Å². The number of aliphatic hydroxyl groups excluding tert-OH is 1. The summed E-state index contributed by atoms with van der Waals surface area (Å²) in [5, 5.41) is 9.90. The van der Waals surface area contributed by atoms with Crippen molar-refractivity contribution in [3.05, 3.63) is 71.3 Å². The summed E-state index contributed by atoms with van der Waals surface area (Å²) in [5.74, 6) is 5.80. The maximum absolute atomic E-state index is 9.90. The monoisotopic (exact) mass is 222 g/mol. The van der Waals surface area contributed by atoms with Gasteiger partial charge in [-0.15, -0.1) is 0 Å². The Morgan fingerprint density at radius 3 is 2.24 bits per heavy atom. The number of hydrogen-bond acceptors (Lipinski definition) is 1. The van der Waals surface area contributed by atoms with Crippen molar-refractivity contribution in [3.63, 3.8) is 0 Å². The average Bonchev–Trinajstić information content (AvgIpc) is 2.38. The molecule has 0 heterocycles. The number of rotatable bonds is 1. The van der Waals surface area contributed by atoms with Crippen molar-refractivity contribution in [1.82, 2.24) is 0 Å². The highest BCUT2D eigenvalue weighted by Gasteiger charge is 2.01. The summed E-state index contributed by atoms with van der Waals surface area (Å²) in [7, 11) is 0. The van der Waals surface area contributed by atoms with Crippen LogP contribution in [0.4, 0.5) is 0 Å². The standard InChI is InChI=1S/C16H14O/c1-13-7-10-15(11-8-13)16(17)12-9-14-5-3-2-4-6-14/h2-8,10-11,16-17H,1H3. The molecule has 17 heavy (non-hydrogen) atoms. The molecule has 1 N–H and O–H groups in total. The van der Waals surface area contributed by atoms with Gasteiger partial charge in [-0.2, -0.15) is 0 Å². The molecule has 0 fully saturated rings. The van der Waals surface area contributed by atoms with E-state index in [9.17, 15) is 5.11 Å². The Morgan fingerprint density at radius 2 is 1.59 bits per heavy atom. The van der Waals surface area contributed by atoms with Gasteiger partial charge in [0.15, 0.2) is 0 Å². The van der Waals surface area contributed by atoms with Crippen molar-refractivity contribution in [1.29, 1.82) is 0 Å². The molecule has 0 saturated heterocycles. The minimum Gasteiger partial charge on any atom is -0.376 e. The van der Waals surface area contributed by atoms with Crippen LogP contribution in [0.1, 0.15) is 22.8 Å². The van der Waals surface area contributed by atoms with Crippen LogP contribution < -0.4 is 0 Å². The molecule has 1 nitrogen and oxygen atoms in total. The second-order valence-electron chi connectivity index (χ2n) is 3.95. The zero-order valence-electron chi connectivity index (χ0n) is 9.72. The van der Waals surface area contributed by atoms with E-state index in [-0.39, 0.29) is 0 Å². The molecule has 2 rings (SSSR count). The van der Waals surface area contributed by atoms with Crippen LogP contribution in [0.5, 0.6) is 0 Å². The Labute approximate surface area is 102 Å². The number of hydrogen-bond donors (Lipinski definition) is 1. The van der Waals surface area contributed by atoms with Gasteiger partial charge in [0.2, 0.25) is 0 Å². The lowest BCUT2D eigenvalue weighted by Crippen LogP contribution is -1.93. The molecule has 0 aliphatic heterocycles. The van der Waals surface area contributed by atoms with E-state index < -0.39 is 6.10 Å². The third kappa shape index (κ3) is 3.21. The van der Waals surface area contributed by atoms with Crippen LogP contribution >= 0.6 is 0 Å². The van der Waals surface area contributed by atoms with E-state index in [0.717, 1.165) is 11.1 Å². The number of aliphatic hydroxyl groups is 1. The molecule has 0 aromatic heterocycles. The van der Waals surface area contributed by atoms with E-state index in [0.29, 0.717) is 0 Å². The molecule has 1 unspecified atom stereocenters. The van der Waals surface area contributed by atoms with Gasteiger partial charge in [0.25, 0.3) is 0 Å². The fourth-order valence-corrected chi connectivity index (χ4v) is 1.51. The minimum absolute atomic E-state index is 0.726. The van der Waals surface area contributed by atoms with Gasteiger partial charge in [-0.1, -0.05) is 59.9 Å². The van der Waals surface area contributed by atoms with Crippen LogP contribution in [-0.2, 0) is 0 Å². The van der Waals surface area contributed by atoms with Crippen molar-refractivity contribution in [2.45, 2.75) is 13.0 Å². The first kappa shape index (κ1) is 11.4. The van der Waals surface area contributed by atoms with Crippen molar-refractivity contribution < 1.29 is 5.11 Å². The molecular weight excluding hydrogens is 208 g/mol. The molecule has 1 atom stereocenters. The molecule has 2 aromatic carbocycles. The van der Waals surface area contributed by atoms with Crippen LogP contribution in [0, 0.1) is 18.8 Å². The number of aryl methyl sites for hydroxylation is 1. The Bertz CT molecular complexity index is 529. The predicted molar refractivity (Wildman–Crippen MR) is 69.5 cm³/mol. The highest BCUT2D eigenvalue weighted by molar-refractivity contribution is 5.37. The van der Waals surface area contributed by atoms with Gasteiger partial charge in [0, 0.05) is 5.56 Å².